The third kappa shape index (κ3) is 5.57. The van der Waals surface area contributed by atoms with Crippen molar-refractivity contribution >= 4 is 29.4 Å². The number of para-hydroxylation sites is 1. The normalized spacial score (nSPS) is 11.3. The average molecular weight is 415 g/mol. The first-order valence-corrected chi connectivity index (χ1v) is 9.93. The van der Waals surface area contributed by atoms with E-state index in [1.54, 1.807) is 54.6 Å². The van der Waals surface area contributed by atoms with Crippen molar-refractivity contribution in [2.45, 2.75) is 26.2 Å². The third-order valence-corrected chi connectivity index (χ3v) is 4.80. The maximum Gasteiger partial charge on any atom is 0.257 e. The maximum absolute atomic E-state index is 12.9. The number of hydrogen-bond acceptors (Lipinski definition) is 4. The van der Waals surface area contributed by atoms with Crippen LogP contribution in [0.5, 0.6) is 0 Å². The minimum Gasteiger partial charge on any atom is -0.323 e. The van der Waals surface area contributed by atoms with Crippen LogP contribution in [-0.2, 0) is 5.41 Å². The Kier molecular flexibility index (Phi) is 6.50. The van der Waals surface area contributed by atoms with Crippen molar-refractivity contribution in [1.82, 2.24) is 0 Å². The van der Waals surface area contributed by atoms with Gasteiger partial charge in [0.15, 0.2) is 0 Å². The summed E-state index contributed by atoms with van der Waals surface area (Å²) in [4.78, 5) is 25.6. The number of carbonyl (C=O) groups is 2. The summed E-state index contributed by atoms with van der Waals surface area (Å²) in [5.41, 5.74) is 3.83. The molecule has 31 heavy (non-hydrogen) atoms. The average Bonchev–Trinajstić information content (AvgIpc) is 2.74. The van der Waals surface area contributed by atoms with Crippen molar-refractivity contribution in [3.8, 4) is 0 Å². The molecule has 3 aromatic rings. The third-order valence-electron chi connectivity index (χ3n) is 4.80. The molecule has 3 aromatic carbocycles. The molecule has 6 nitrogen and oxygen atoms in total. The van der Waals surface area contributed by atoms with Gasteiger partial charge in [0.1, 0.15) is 0 Å². The van der Waals surface area contributed by atoms with Gasteiger partial charge >= 0.3 is 0 Å². The first kappa shape index (κ1) is 21.8. The molecule has 2 amide bonds. The smallest absolute Gasteiger partial charge is 0.257 e. The van der Waals surface area contributed by atoms with Gasteiger partial charge in [-0.1, -0.05) is 57.2 Å². The molecule has 0 atom stereocenters. The van der Waals surface area contributed by atoms with E-state index in [0.717, 1.165) is 11.1 Å². The number of hydrogen-bond donors (Lipinski definition) is 3. The van der Waals surface area contributed by atoms with Crippen molar-refractivity contribution in [2.24, 2.45) is 10.9 Å². The van der Waals surface area contributed by atoms with Crippen LogP contribution in [0.1, 0.15) is 52.6 Å². The summed E-state index contributed by atoms with van der Waals surface area (Å²) in [6.45, 7) is 6.36. The predicted molar refractivity (Wildman–Crippen MR) is 126 cm³/mol. The Morgan fingerprint density at radius 1 is 0.871 bits per heavy atom. The van der Waals surface area contributed by atoms with Gasteiger partial charge in [0.05, 0.1) is 17.5 Å². The van der Waals surface area contributed by atoms with E-state index < -0.39 is 0 Å². The molecule has 0 aromatic heterocycles. The molecular formula is C25H26N4O2. The van der Waals surface area contributed by atoms with E-state index in [9.17, 15) is 9.59 Å². The largest absolute Gasteiger partial charge is 0.323 e. The minimum absolute atomic E-state index is 0.00695. The standard InChI is InChI=1S/C25H26N4O2/c1-25(2,3)19-13-11-18(12-14-19)23(30)29-22-10-5-4-9-21(22)24(31)28-20-8-6-7-17(15-20)16-27-26/h4-16H,26H2,1-3H3,(H,28,31)(H,29,30). The van der Waals surface area contributed by atoms with Crippen LogP contribution in [0.25, 0.3) is 0 Å². The van der Waals surface area contributed by atoms with Gasteiger partial charge in [-0.15, -0.1) is 0 Å². The molecule has 6 heteroatoms. The van der Waals surface area contributed by atoms with Crippen molar-refractivity contribution in [3.05, 3.63) is 95.1 Å². The van der Waals surface area contributed by atoms with Crippen LogP contribution >= 0.6 is 0 Å². The molecule has 0 saturated heterocycles. The van der Waals surface area contributed by atoms with Crippen LogP contribution in [0.2, 0.25) is 0 Å². The molecule has 0 fully saturated rings. The molecule has 0 saturated carbocycles. The Bertz CT molecular complexity index is 1110. The number of hydrazone groups is 1. The molecule has 0 unspecified atom stereocenters. The van der Waals surface area contributed by atoms with E-state index in [1.807, 2.05) is 18.2 Å². The van der Waals surface area contributed by atoms with Crippen LogP contribution < -0.4 is 16.5 Å². The van der Waals surface area contributed by atoms with Crippen LogP contribution in [0, 0.1) is 0 Å². The number of amides is 2. The second kappa shape index (κ2) is 9.26. The number of rotatable bonds is 5. The van der Waals surface area contributed by atoms with Crippen LogP contribution in [-0.4, -0.2) is 18.0 Å². The molecule has 0 aliphatic heterocycles. The van der Waals surface area contributed by atoms with Gasteiger partial charge in [0.25, 0.3) is 11.8 Å². The molecule has 0 radical (unpaired) electrons. The predicted octanol–water partition coefficient (Wildman–Crippen LogP) is 4.78. The van der Waals surface area contributed by atoms with E-state index in [1.165, 1.54) is 6.21 Å². The lowest BCUT2D eigenvalue weighted by Crippen LogP contribution is -2.18. The van der Waals surface area contributed by atoms with E-state index >= 15 is 0 Å². The van der Waals surface area contributed by atoms with Crippen LogP contribution in [0.3, 0.4) is 0 Å². The number of benzene rings is 3. The summed E-state index contributed by atoms with van der Waals surface area (Å²) in [6, 6.07) is 21.5. The second-order valence-electron chi connectivity index (χ2n) is 8.18. The Labute approximate surface area is 182 Å². The highest BCUT2D eigenvalue weighted by molar-refractivity contribution is 6.12. The lowest BCUT2D eigenvalue weighted by molar-refractivity contribution is 0.102. The second-order valence-corrected chi connectivity index (χ2v) is 8.18. The fourth-order valence-corrected chi connectivity index (χ4v) is 3.09. The zero-order chi connectivity index (χ0) is 22.4. The molecule has 0 heterocycles. The number of carbonyl (C=O) groups excluding carboxylic acids is 2. The fourth-order valence-electron chi connectivity index (χ4n) is 3.09. The molecule has 0 spiro atoms. The van der Waals surface area contributed by atoms with Gasteiger partial charge < -0.3 is 16.5 Å². The van der Waals surface area contributed by atoms with E-state index in [-0.39, 0.29) is 17.2 Å². The summed E-state index contributed by atoms with van der Waals surface area (Å²) in [7, 11) is 0. The Balaban J connectivity index is 1.77. The van der Waals surface area contributed by atoms with E-state index in [4.69, 9.17) is 5.84 Å². The first-order chi connectivity index (χ1) is 14.8. The Morgan fingerprint density at radius 3 is 2.26 bits per heavy atom. The number of nitrogens with zero attached hydrogens (tertiary/aromatic N) is 1. The molecule has 158 valence electrons. The Morgan fingerprint density at radius 2 is 1.58 bits per heavy atom. The van der Waals surface area contributed by atoms with Crippen molar-refractivity contribution < 1.29 is 9.59 Å². The molecule has 0 bridgehead atoms. The number of nitrogens with two attached hydrogens (primary N) is 1. The summed E-state index contributed by atoms with van der Waals surface area (Å²) < 4.78 is 0. The molecule has 0 aliphatic rings. The number of nitrogens with one attached hydrogen (secondary N) is 2. The lowest BCUT2D eigenvalue weighted by atomic mass is 9.86. The highest BCUT2D eigenvalue weighted by Crippen LogP contribution is 2.23. The van der Waals surface area contributed by atoms with Crippen molar-refractivity contribution in [1.29, 1.82) is 0 Å². The summed E-state index contributed by atoms with van der Waals surface area (Å²) in [5, 5.41) is 9.18. The number of anilines is 2. The molecule has 0 aliphatic carbocycles. The molecular weight excluding hydrogens is 388 g/mol. The van der Waals surface area contributed by atoms with Gasteiger partial charge in [-0.3, -0.25) is 9.59 Å². The lowest BCUT2D eigenvalue weighted by Gasteiger charge is -2.19. The SMILES string of the molecule is CC(C)(C)c1ccc(C(=O)Nc2ccccc2C(=O)Nc2cccc(C=NN)c2)cc1. The van der Waals surface area contributed by atoms with Gasteiger partial charge in [-0.25, -0.2) is 0 Å². The minimum atomic E-state index is -0.333. The van der Waals surface area contributed by atoms with Gasteiger partial charge in [0.2, 0.25) is 0 Å². The van der Waals surface area contributed by atoms with E-state index in [2.05, 4.69) is 36.5 Å². The zero-order valence-corrected chi connectivity index (χ0v) is 17.8. The van der Waals surface area contributed by atoms with Crippen LogP contribution in [0.15, 0.2) is 77.9 Å². The van der Waals surface area contributed by atoms with E-state index in [0.29, 0.717) is 22.5 Å². The summed E-state index contributed by atoms with van der Waals surface area (Å²) in [5.74, 6) is 4.58. The fraction of sp³-hybridized carbons (Fsp3) is 0.160. The van der Waals surface area contributed by atoms with Crippen molar-refractivity contribution in [3.63, 3.8) is 0 Å². The van der Waals surface area contributed by atoms with Gasteiger partial charge in [0, 0.05) is 11.3 Å². The summed E-state index contributed by atoms with van der Waals surface area (Å²) in [6.07, 6.45) is 1.49. The van der Waals surface area contributed by atoms with Gasteiger partial charge in [-0.2, -0.15) is 5.10 Å². The monoisotopic (exact) mass is 414 g/mol. The molecule has 4 N–H and O–H groups in total. The first-order valence-electron chi connectivity index (χ1n) is 9.93. The Hall–Kier alpha value is -3.93. The zero-order valence-electron chi connectivity index (χ0n) is 17.8. The quantitative estimate of drug-likeness (QED) is 0.318. The maximum atomic E-state index is 12.9. The summed E-state index contributed by atoms with van der Waals surface area (Å²) >= 11 is 0. The topological polar surface area (TPSA) is 96.6 Å². The van der Waals surface area contributed by atoms with Gasteiger partial charge in [-0.05, 0) is 52.9 Å². The molecule has 3 rings (SSSR count). The highest BCUT2D eigenvalue weighted by atomic mass is 16.2. The van der Waals surface area contributed by atoms with Crippen molar-refractivity contribution in [2.75, 3.05) is 10.6 Å². The van der Waals surface area contributed by atoms with Crippen LogP contribution in [0.4, 0.5) is 11.4 Å². The highest BCUT2D eigenvalue weighted by Gasteiger charge is 2.16.